The average Bonchev–Trinajstić information content (AvgIpc) is 3.12. The number of hydrogen-bond acceptors (Lipinski definition) is 6. The van der Waals surface area contributed by atoms with Gasteiger partial charge in [0.05, 0.1) is 5.39 Å². The van der Waals surface area contributed by atoms with Crippen LogP contribution in [0.25, 0.3) is 10.2 Å². The van der Waals surface area contributed by atoms with Crippen LogP contribution in [0.5, 0.6) is 0 Å². The summed E-state index contributed by atoms with van der Waals surface area (Å²) in [5.41, 5.74) is 1.42. The van der Waals surface area contributed by atoms with E-state index >= 15 is 0 Å². The fourth-order valence-electron chi connectivity index (χ4n) is 3.73. The van der Waals surface area contributed by atoms with Gasteiger partial charge < -0.3 is 5.32 Å². The molecular weight excluding hydrogens is 461 g/mol. The minimum Gasteiger partial charge on any atom is -0.339 e. The van der Waals surface area contributed by atoms with E-state index < -0.39 is 26.6 Å². The maximum absolute atomic E-state index is 14.2. The Morgan fingerprint density at radius 2 is 1.84 bits per heavy atom. The zero-order valence-corrected chi connectivity index (χ0v) is 18.0. The number of rotatable bonds is 4. The van der Waals surface area contributed by atoms with E-state index in [1.165, 1.54) is 34.1 Å². The predicted octanol–water partition coefficient (Wildman–Crippen LogP) is 4.60. The summed E-state index contributed by atoms with van der Waals surface area (Å²) >= 11 is 1.32. The first-order valence-electron chi connectivity index (χ1n) is 9.56. The van der Waals surface area contributed by atoms with Gasteiger partial charge in [0.15, 0.2) is 0 Å². The highest BCUT2D eigenvalue weighted by Crippen LogP contribution is 2.39. The molecule has 0 fully saturated rings. The topological polar surface area (TPSA) is 75.2 Å². The standard InChI is InChI=1S/C21H15F3N4O2S2/c22-12-2-1-3-14(8-12)27-20-19-15-6-7-28(10-17(15)31-21(19)26-11-25-20)32(29,30)18-5-4-13(23)9-16(18)24/h1-5,8-9,11H,6-7,10H2,(H,25,26,27). The SMILES string of the molecule is O=S(=O)(c1ccc(F)cc1F)N1CCc2c(sc3ncnc(Nc4cccc(F)c4)c23)C1. The summed E-state index contributed by atoms with van der Waals surface area (Å²) in [5, 5.41) is 3.85. The molecule has 0 radical (unpaired) electrons. The third-order valence-electron chi connectivity index (χ3n) is 5.20. The third kappa shape index (κ3) is 3.61. The molecule has 4 aromatic rings. The Kier molecular flexibility index (Phi) is 5.11. The van der Waals surface area contributed by atoms with Crippen molar-refractivity contribution in [2.45, 2.75) is 17.9 Å². The van der Waals surface area contributed by atoms with Gasteiger partial charge >= 0.3 is 0 Å². The Bertz CT molecular complexity index is 1460. The molecule has 6 nitrogen and oxygen atoms in total. The average molecular weight is 477 g/mol. The molecule has 2 aromatic carbocycles. The lowest BCUT2D eigenvalue weighted by molar-refractivity contribution is 0.393. The first-order chi connectivity index (χ1) is 15.3. The molecule has 164 valence electrons. The number of fused-ring (bicyclic) bond motifs is 3. The van der Waals surface area contributed by atoms with Crippen molar-refractivity contribution < 1.29 is 21.6 Å². The molecule has 0 atom stereocenters. The van der Waals surface area contributed by atoms with Gasteiger partial charge in [0.1, 0.15) is 39.3 Å². The molecule has 0 amide bonds. The Labute approximate surface area is 185 Å². The summed E-state index contributed by atoms with van der Waals surface area (Å²) in [6.45, 7) is 0.154. The van der Waals surface area contributed by atoms with Crippen molar-refractivity contribution in [3.05, 3.63) is 76.7 Å². The van der Waals surface area contributed by atoms with E-state index in [0.717, 1.165) is 28.0 Å². The number of aromatic nitrogens is 2. The van der Waals surface area contributed by atoms with Crippen LogP contribution in [0.4, 0.5) is 24.7 Å². The Balaban J connectivity index is 1.50. The number of anilines is 2. The number of thiophene rings is 1. The fraction of sp³-hybridized carbons (Fsp3) is 0.143. The van der Waals surface area contributed by atoms with E-state index in [9.17, 15) is 21.6 Å². The molecule has 1 aliphatic heterocycles. The zero-order chi connectivity index (χ0) is 22.5. The number of hydrogen-bond donors (Lipinski definition) is 1. The van der Waals surface area contributed by atoms with Crippen molar-refractivity contribution in [3.8, 4) is 0 Å². The monoisotopic (exact) mass is 476 g/mol. The van der Waals surface area contributed by atoms with Crippen molar-refractivity contribution in [2.24, 2.45) is 0 Å². The lowest BCUT2D eigenvalue weighted by Crippen LogP contribution is -2.35. The van der Waals surface area contributed by atoms with Crippen molar-refractivity contribution in [3.63, 3.8) is 0 Å². The van der Waals surface area contributed by atoms with Crippen molar-refractivity contribution in [2.75, 3.05) is 11.9 Å². The highest BCUT2D eigenvalue weighted by molar-refractivity contribution is 7.89. The van der Waals surface area contributed by atoms with Gasteiger partial charge in [-0.3, -0.25) is 0 Å². The van der Waals surface area contributed by atoms with E-state index in [1.807, 2.05) is 0 Å². The summed E-state index contributed by atoms with van der Waals surface area (Å²) < 4.78 is 68.1. The van der Waals surface area contributed by atoms with Gasteiger partial charge in [0.25, 0.3) is 0 Å². The maximum Gasteiger partial charge on any atom is 0.246 e. The number of benzene rings is 2. The third-order valence-corrected chi connectivity index (χ3v) is 8.20. The second-order valence-corrected chi connectivity index (χ2v) is 10.2. The molecule has 0 aliphatic carbocycles. The van der Waals surface area contributed by atoms with Crippen LogP contribution in [0.15, 0.2) is 53.7 Å². The van der Waals surface area contributed by atoms with Gasteiger partial charge in [-0.15, -0.1) is 11.3 Å². The van der Waals surface area contributed by atoms with Crippen LogP contribution in [-0.4, -0.2) is 29.2 Å². The minimum absolute atomic E-state index is 0.0366. The smallest absolute Gasteiger partial charge is 0.246 e. The molecule has 0 bridgehead atoms. The molecule has 0 spiro atoms. The van der Waals surface area contributed by atoms with Crippen molar-refractivity contribution in [1.29, 1.82) is 0 Å². The van der Waals surface area contributed by atoms with Gasteiger partial charge in [0.2, 0.25) is 10.0 Å². The van der Waals surface area contributed by atoms with E-state index in [0.29, 0.717) is 28.8 Å². The maximum atomic E-state index is 14.2. The number of halogens is 3. The van der Waals surface area contributed by atoms with Crippen LogP contribution in [-0.2, 0) is 23.0 Å². The Hall–Kier alpha value is -3.02. The Morgan fingerprint density at radius 1 is 1.03 bits per heavy atom. The van der Waals surface area contributed by atoms with Gasteiger partial charge in [-0.1, -0.05) is 6.07 Å². The molecule has 11 heteroatoms. The first kappa shape index (κ1) is 20.9. The van der Waals surface area contributed by atoms with Gasteiger partial charge in [0, 0.05) is 29.7 Å². The van der Waals surface area contributed by atoms with E-state index in [1.54, 1.807) is 12.1 Å². The lowest BCUT2D eigenvalue weighted by atomic mass is 10.1. The molecule has 0 saturated heterocycles. The quantitative estimate of drug-likeness (QED) is 0.466. The van der Waals surface area contributed by atoms with Crippen LogP contribution in [0.3, 0.4) is 0 Å². The molecule has 1 N–H and O–H groups in total. The second kappa shape index (κ2) is 7.84. The minimum atomic E-state index is -4.15. The van der Waals surface area contributed by atoms with Gasteiger partial charge in [-0.25, -0.2) is 31.6 Å². The summed E-state index contributed by atoms with van der Waals surface area (Å²) in [7, 11) is -4.15. The van der Waals surface area contributed by atoms with Crippen molar-refractivity contribution >= 4 is 43.1 Å². The predicted molar refractivity (Wildman–Crippen MR) is 115 cm³/mol. The number of nitrogens with zero attached hydrogens (tertiary/aromatic N) is 3. The fourth-order valence-corrected chi connectivity index (χ4v) is 6.47. The van der Waals surface area contributed by atoms with E-state index in [-0.39, 0.29) is 18.9 Å². The van der Waals surface area contributed by atoms with Crippen LogP contribution >= 0.6 is 11.3 Å². The summed E-state index contributed by atoms with van der Waals surface area (Å²) in [4.78, 5) is 9.46. The van der Waals surface area contributed by atoms with E-state index in [4.69, 9.17) is 0 Å². The molecule has 2 aromatic heterocycles. The molecular formula is C21H15F3N4O2S2. The van der Waals surface area contributed by atoms with Crippen molar-refractivity contribution in [1.82, 2.24) is 14.3 Å². The highest BCUT2D eigenvalue weighted by Gasteiger charge is 2.33. The molecule has 0 saturated carbocycles. The van der Waals surface area contributed by atoms with Crippen LogP contribution < -0.4 is 5.32 Å². The number of sulfonamides is 1. The van der Waals surface area contributed by atoms with Gasteiger partial charge in [-0.2, -0.15) is 4.31 Å². The second-order valence-electron chi connectivity index (χ2n) is 7.20. The molecule has 5 rings (SSSR count). The molecule has 32 heavy (non-hydrogen) atoms. The normalized spacial score (nSPS) is 14.5. The summed E-state index contributed by atoms with van der Waals surface area (Å²) in [5.74, 6) is -1.86. The molecule has 0 unspecified atom stereocenters. The molecule has 1 aliphatic rings. The summed E-state index contributed by atoms with van der Waals surface area (Å²) in [6, 6.07) is 8.39. The highest BCUT2D eigenvalue weighted by atomic mass is 32.2. The number of nitrogens with one attached hydrogen (secondary N) is 1. The largest absolute Gasteiger partial charge is 0.339 e. The molecule has 3 heterocycles. The van der Waals surface area contributed by atoms with Crippen LogP contribution in [0.2, 0.25) is 0 Å². The first-order valence-corrected chi connectivity index (χ1v) is 11.8. The zero-order valence-electron chi connectivity index (χ0n) is 16.3. The Morgan fingerprint density at radius 3 is 2.62 bits per heavy atom. The van der Waals surface area contributed by atoms with Crippen LogP contribution in [0, 0.1) is 17.5 Å². The van der Waals surface area contributed by atoms with E-state index in [2.05, 4.69) is 15.3 Å². The van der Waals surface area contributed by atoms with Crippen LogP contribution in [0.1, 0.15) is 10.4 Å². The summed E-state index contributed by atoms with van der Waals surface area (Å²) in [6.07, 6.45) is 1.75. The van der Waals surface area contributed by atoms with Gasteiger partial charge in [-0.05, 0) is 42.3 Å². The lowest BCUT2D eigenvalue weighted by Gasteiger charge is -2.26.